The van der Waals surface area contributed by atoms with E-state index in [0.717, 1.165) is 23.0 Å². The summed E-state index contributed by atoms with van der Waals surface area (Å²) in [6.07, 6.45) is 3.57. The zero-order valence-electron chi connectivity index (χ0n) is 11.4. The molecule has 0 bridgehead atoms. The fraction of sp³-hybridized carbons (Fsp3) is 0.429. The van der Waals surface area contributed by atoms with E-state index in [1.807, 2.05) is 16.9 Å². The summed E-state index contributed by atoms with van der Waals surface area (Å²) < 4.78 is 2.03. The van der Waals surface area contributed by atoms with Crippen molar-refractivity contribution in [2.75, 3.05) is 13.2 Å². The average molecular weight is 260 g/mol. The molecule has 5 nitrogen and oxygen atoms in total. The van der Waals surface area contributed by atoms with Crippen molar-refractivity contribution >= 4 is 17.1 Å². The fourth-order valence-corrected chi connectivity index (χ4v) is 1.88. The Balaban J connectivity index is 2.15. The van der Waals surface area contributed by atoms with Gasteiger partial charge in [-0.05, 0) is 23.6 Å². The van der Waals surface area contributed by atoms with Crippen molar-refractivity contribution < 1.29 is 4.84 Å². The van der Waals surface area contributed by atoms with Gasteiger partial charge in [0, 0.05) is 18.5 Å². The molecular weight excluding hydrogens is 240 g/mol. The van der Waals surface area contributed by atoms with Crippen LogP contribution in [0.1, 0.15) is 19.4 Å². The van der Waals surface area contributed by atoms with Crippen molar-refractivity contribution in [1.29, 1.82) is 0 Å². The van der Waals surface area contributed by atoms with Crippen molar-refractivity contribution in [3.63, 3.8) is 0 Å². The van der Waals surface area contributed by atoms with Gasteiger partial charge in [-0.1, -0.05) is 25.1 Å². The molecule has 0 amide bonds. The summed E-state index contributed by atoms with van der Waals surface area (Å²) in [4.78, 5) is 4.98. The van der Waals surface area contributed by atoms with E-state index in [1.54, 1.807) is 6.21 Å². The smallest absolute Gasteiger partial charge is 0.129 e. The number of hydrogen-bond donors (Lipinski definition) is 1. The normalized spacial score (nSPS) is 11.8. The number of rotatable bonds is 6. The van der Waals surface area contributed by atoms with Crippen LogP contribution in [0.25, 0.3) is 10.9 Å². The first-order valence-corrected chi connectivity index (χ1v) is 6.51. The highest BCUT2D eigenvalue weighted by Crippen LogP contribution is 2.16. The lowest BCUT2D eigenvalue weighted by Gasteiger charge is -2.06. The summed E-state index contributed by atoms with van der Waals surface area (Å²) in [5, 5.41) is 9.39. The molecule has 0 fully saturated rings. The predicted molar refractivity (Wildman–Crippen MR) is 77.2 cm³/mol. The highest BCUT2D eigenvalue weighted by atomic mass is 16.6. The number of benzene rings is 1. The van der Waals surface area contributed by atoms with Crippen molar-refractivity contribution in [2.24, 2.45) is 16.8 Å². The summed E-state index contributed by atoms with van der Waals surface area (Å²) in [5.74, 6) is 0.578. The van der Waals surface area contributed by atoms with Crippen molar-refractivity contribution in [3.05, 3.63) is 30.0 Å². The third-order valence-electron chi connectivity index (χ3n) is 2.69. The minimum Gasteiger partial charge on any atom is -0.394 e. The number of fused-ring (bicyclic) bond motifs is 1. The largest absolute Gasteiger partial charge is 0.394 e. The zero-order chi connectivity index (χ0) is 13.7. The number of aromatic nitrogens is 2. The van der Waals surface area contributed by atoms with E-state index < -0.39 is 0 Å². The van der Waals surface area contributed by atoms with Gasteiger partial charge in [-0.2, -0.15) is 5.10 Å². The Morgan fingerprint density at radius 2 is 2.32 bits per heavy atom. The third kappa shape index (κ3) is 3.54. The van der Waals surface area contributed by atoms with Gasteiger partial charge in [0.1, 0.15) is 6.61 Å². The van der Waals surface area contributed by atoms with Crippen LogP contribution in [0, 0.1) is 5.92 Å². The number of nitrogens with zero attached hydrogens (tertiary/aromatic N) is 3. The molecule has 2 N–H and O–H groups in total. The second kappa shape index (κ2) is 6.33. The predicted octanol–water partition coefficient (Wildman–Crippen LogP) is 2.00. The van der Waals surface area contributed by atoms with Crippen LogP contribution in [0.5, 0.6) is 0 Å². The molecule has 0 spiro atoms. The Kier molecular flexibility index (Phi) is 4.52. The topological polar surface area (TPSA) is 65.4 Å². The van der Waals surface area contributed by atoms with Crippen LogP contribution < -0.4 is 5.73 Å². The molecule has 0 aliphatic heterocycles. The molecule has 19 heavy (non-hydrogen) atoms. The van der Waals surface area contributed by atoms with E-state index in [2.05, 4.69) is 36.2 Å². The highest BCUT2D eigenvalue weighted by Gasteiger charge is 2.04. The molecule has 5 heteroatoms. The lowest BCUT2D eigenvalue weighted by atomic mass is 10.1. The molecule has 0 radical (unpaired) electrons. The summed E-state index contributed by atoms with van der Waals surface area (Å²) >= 11 is 0. The maximum Gasteiger partial charge on any atom is 0.129 e. The van der Waals surface area contributed by atoms with Gasteiger partial charge >= 0.3 is 0 Å². The van der Waals surface area contributed by atoms with Gasteiger partial charge in [0.05, 0.1) is 17.9 Å². The maximum atomic E-state index is 5.31. The second-order valence-electron chi connectivity index (χ2n) is 4.90. The summed E-state index contributed by atoms with van der Waals surface area (Å²) in [5.41, 5.74) is 7.46. The standard InChI is InChI=1S/C14H20N4O/c1-11(2)10-18-14-4-3-12(7-13(14)9-16-18)8-17-19-6-5-15/h3-4,7-9,11H,5-6,10,15H2,1-2H3/b17-8+. The fourth-order valence-electron chi connectivity index (χ4n) is 1.88. The van der Waals surface area contributed by atoms with Crippen molar-refractivity contribution in [3.8, 4) is 0 Å². The molecule has 0 saturated carbocycles. The average Bonchev–Trinajstić information content (AvgIpc) is 2.77. The Morgan fingerprint density at radius 1 is 1.47 bits per heavy atom. The SMILES string of the molecule is CC(C)Cn1ncc2cc(/C=N/OCCN)ccc21. The first-order chi connectivity index (χ1) is 9.20. The Bertz CT molecular complexity index is 560. The Labute approximate surface area is 113 Å². The van der Waals surface area contributed by atoms with E-state index in [4.69, 9.17) is 10.6 Å². The molecule has 2 aromatic rings. The van der Waals surface area contributed by atoms with Gasteiger partial charge in [0.15, 0.2) is 0 Å². The molecule has 1 aromatic heterocycles. The van der Waals surface area contributed by atoms with E-state index in [0.29, 0.717) is 19.1 Å². The first-order valence-electron chi connectivity index (χ1n) is 6.51. The van der Waals surface area contributed by atoms with Crippen LogP contribution in [0.4, 0.5) is 0 Å². The zero-order valence-corrected chi connectivity index (χ0v) is 11.4. The Hall–Kier alpha value is -1.88. The molecule has 0 aliphatic rings. The van der Waals surface area contributed by atoms with Crippen LogP contribution in [-0.2, 0) is 11.4 Å². The Morgan fingerprint density at radius 3 is 3.05 bits per heavy atom. The van der Waals surface area contributed by atoms with E-state index in [-0.39, 0.29) is 0 Å². The summed E-state index contributed by atoms with van der Waals surface area (Å²) in [6.45, 7) is 6.20. The molecule has 0 atom stereocenters. The van der Waals surface area contributed by atoms with Crippen molar-refractivity contribution in [1.82, 2.24) is 9.78 Å². The van der Waals surface area contributed by atoms with Gasteiger partial charge in [-0.25, -0.2) is 0 Å². The maximum absolute atomic E-state index is 5.31. The summed E-state index contributed by atoms with van der Waals surface area (Å²) in [7, 11) is 0. The van der Waals surface area contributed by atoms with E-state index in [1.165, 1.54) is 0 Å². The van der Waals surface area contributed by atoms with E-state index in [9.17, 15) is 0 Å². The molecule has 2 rings (SSSR count). The monoisotopic (exact) mass is 260 g/mol. The van der Waals surface area contributed by atoms with Crippen LogP contribution in [0.2, 0.25) is 0 Å². The highest BCUT2D eigenvalue weighted by molar-refractivity contribution is 5.88. The van der Waals surface area contributed by atoms with Gasteiger partial charge in [-0.15, -0.1) is 0 Å². The number of oxime groups is 1. The molecule has 0 aliphatic carbocycles. The molecule has 0 unspecified atom stereocenters. The van der Waals surface area contributed by atoms with Crippen LogP contribution in [-0.4, -0.2) is 29.1 Å². The quantitative estimate of drug-likeness (QED) is 0.491. The molecule has 102 valence electrons. The van der Waals surface area contributed by atoms with Gasteiger partial charge in [0.25, 0.3) is 0 Å². The molecule has 0 saturated heterocycles. The number of hydrogen-bond acceptors (Lipinski definition) is 4. The van der Waals surface area contributed by atoms with Gasteiger partial charge < -0.3 is 10.6 Å². The third-order valence-corrected chi connectivity index (χ3v) is 2.69. The minimum atomic E-state index is 0.436. The molecule has 1 aromatic carbocycles. The van der Waals surface area contributed by atoms with Crippen LogP contribution in [0.15, 0.2) is 29.6 Å². The first kappa shape index (κ1) is 13.5. The van der Waals surface area contributed by atoms with Gasteiger partial charge in [0.2, 0.25) is 0 Å². The number of nitrogens with two attached hydrogens (primary N) is 1. The van der Waals surface area contributed by atoms with Crippen molar-refractivity contribution in [2.45, 2.75) is 20.4 Å². The molecular formula is C14H20N4O. The van der Waals surface area contributed by atoms with Gasteiger partial charge in [-0.3, -0.25) is 4.68 Å². The van der Waals surface area contributed by atoms with Crippen LogP contribution in [0.3, 0.4) is 0 Å². The second-order valence-corrected chi connectivity index (χ2v) is 4.90. The molecule has 1 heterocycles. The minimum absolute atomic E-state index is 0.436. The van der Waals surface area contributed by atoms with Crippen LogP contribution >= 0.6 is 0 Å². The summed E-state index contributed by atoms with van der Waals surface area (Å²) in [6, 6.07) is 6.12. The lowest BCUT2D eigenvalue weighted by Crippen LogP contribution is -2.05. The lowest BCUT2D eigenvalue weighted by molar-refractivity contribution is 0.154. The van der Waals surface area contributed by atoms with E-state index >= 15 is 0 Å².